The molecular formula is C17H21FN6O3. The van der Waals surface area contributed by atoms with Crippen LogP contribution >= 0.6 is 0 Å². The molecule has 0 bridgehead atoms. The van der Waals surface area contributed by atoms with E-state index in [1.807, 2.05) is 9.80 Å². The Hall–Kier alpha value is -2.72. The zero-order chi connectivity index (χ0) is 19.3. The first-order chi connectivity index (χ1) is 12.9. The molecule has 10 heteroatoms. The van der Waals surface area contributed by atoms with E-state index in [-0.39, 0.29) is 12.1 Å². The number of urea groups is 1. The van der Waals surface area contributed by atoms with Gasteiger partial charge in [0.1, 0.15) is 30.9 Å². The van der Waals surface area contributed by atoms with Crippen molar-refractivity contribution in [3.05, 3.63) is 30.1 Å². The lowest BCUT2D eigenvalue weighted by Crippen LogP contribution is -2.67. The van der Waals surface area contributed by atoms with Gasteiger partial charge in [-0.25, -0.2) is 9.18 Å². The molecule has 0 aromatic heterocycles. The van der Waals surface area contributed by atoms with Crippen molar-refractivity contribution < 1.29 is 18.8 Å². The Morgan fingerprint density at radius 3 is 2.63 bits per heavy atom. The standard InChI is InChI=1S/C17H21FN6O3/c1-21-14-13(15(26)24(17(21)27)9-12(19)25)23-8-2-7-22(16(23)20-14)11-5-3-10(18)4-6-11/h3-6,13-14,16,20H,2,7-9H2,1H3,(H2,19,25). The molecule has 4 rings (SSSR count). The van der Waals surface area contributed by atoms with E-state index >= 15 is 0 Å². The number of carbonyl (C=O) groups excluding carboxylic acids is 3. The molecule has 3 atom stereocenters. The second-order valence-electron chi connectivity index (χ2n) is 6.98. The highest BCUT2D eigenvalue weighted by Crippen LogP contribution is 2.32. The number of hydrogen-bond acceptors (Lipinski definition) is 6. The SMILES string of the molecule is CN1C(=O)N(CC(N)=O)C(=O)C2C1NC1N(c3ccc(F)cc3)CCCN21. The topological polar surface area (TPSA) is 102 Å². The zero-order valence-corrected chi connectivity index (χ0v) is 14.8. The van der Waals surface area contributed by atoms with Gasteiger partial charge in [0, 0.05) is 25.8 Å². The van der Waals surface area contributed by atoms with Gasteiger partial charge in [-0.15, -0.1) is 0 Å². The summed E-state index contributed by atoms with van der Waals surface area (Å²) in [4.78, 5) is 43.1. The van der Waals surface area contributed by atoms with Crippen LogP contribution in [0.25, 0.3) is 0 Å². The summed E-state index contributed by atoms with van der Waals surface area (Å²) in [5, 5.41) is 3.34. The van der Waals surface area contributed by atoms with Crippen LogP contribution in [0.2, 0.25) is 0 Å². The molecule has 3 heterocycles. The summed E-state index contributed by atoms with van der Waals surface area (Å²) in [5.74, 6) is -1.49. The van der Waals surface area contributed by atoms with Crippen molar-refractivity contribution in [1.82, 2.24) is 20.0 Å². The lowest BCUT2D eigenvalue weighted by atomic mass is 10.1. The van der Waals surface area contributed by atoms with E-state index in [1.54, 1.807) is 19.2 Å². The van der Waals surface area contributed by atoms with E-state index in [0.717, 1.165) is 23.6 Å². The summed E-state index contributed by atoms with van der Waals surface area (Å²) < 4.78 is 13.3. The van der Waals surface area contributed by atoms with Crippen LogP contribution in [0.3, 0.4) is 0 Å². The number of halogens is 1. The largest absolute Gasteiger partial charge is 0.368 e. The number of rotatable bonds is 3. The van der Waals surface area contributed by atoms with Gasteiger partial charge >= 0.3 is 6.03 Å². The molecule has 4 amide bonds. The number of nitrogens with two attached hydrogens (primary N) is 1. The first-order valence-electron chi connectivity index (χ1n) is 8.79. The first kappa shape index (κ1) is 17.7. The molecule has 0 radical (unpaired) electrons. The maximum absolute atomic E-state index is 13.3. The van der Waals surface area contributed by atoms with Crippen LogP contribution in [-0.4, -0.2) is 77.7 Å². The highest BCUT2D eigenvalue weighted by Gasteiger charge is 2.56. The number of amides is 4. The Morgan fingerprint density at radius 2 is 1.96 bits per heavy atom. The van der Waals surface area contributed by atoms with Gasteiger partial charge in [0.15, 0.2) is 0 Å². The smallest absolute Gasteiger partial charge is 0.328 e. The minimum atomic E-state index is -0.738. The second-order valence-corrected chi connectivity index (χ2v) is 6.98. The number of nitrogens with one attached hydrogen (secondary N) is 1. The predicted molar refractivity (Wildman–Crippen MR) is 93.6 cm³/mol. The van der Waals surface area contributed by atoms with Crippen molar-refractivity contribution in [2.45, 2.75) is 24.9 Å². The molecule has 1 aromatic carbocycles. The third-order valence-corrected chi connectivity index (χ3v) is 5.34. The second kappa shape index (κ2) is 6.46. The fourth-order valence-corrected chi connectivity index (χ4v) is 4.12. The Bertz CT molecular complexity index is 787. The highest BCUT2D eigenvalue weighted by molar-refractivity contribution is 6.03. The fraction of sp³-hybridized carbons (Fsp3) is 0.471. The molecule has 3 aliphatic heterocycles. The molecule has 1 aromatic rings. The van der Waals surface area contributed by atoms with Crippen molar-refractivity contribution in [2.24, 2.45) is 5.73 Å². The van der Waals surface area contributed by atoms with Gasteiger partial charge < -0.3 is 15.5 Å². The monoisotopic (exact) mass is 376 g/mol. The maximum atomic E-state index is 13.3. The number of fused-ring (bicyclic) bond motifs is 3. The van der Waals surface area contributed by atoms with Crippen LogP contribution in [0.1, 0.15) is 6.42 Å². The van der Waals surface area contributed by atoms with Crippen LogP contribution in [-0.2, 0) is 9.59 Å². The van der Waals surface area contributed by atoms with Crippen LogP contribution in [0.5, 0.6) is 0 Å². The van der Waals surface area contributed by atoms with Gasteiger partial charge in [0.2, 0.25) is 5.91 Å². The molecule has 27 heavy (non-hydrogen) atoms. The van der Waals surface area contributed by atoms with Gasteiger partial charge in [-0.2, -0.15) is 0 Å². The van der Waals surface area contributed by atoms with Crippen molar-refractivity contribution in [3.63, 3.8) is 0 Å². The number of nitrogens with zero attached hydrogens (tertiary/aromatic N) is 4. The molecule has 9 nitrogen and oxygen atoms in total. The lowest BCUT2D eigenvalue weighted by Gasteiger charge is -2.43. The molecule has 3 fully saturated rings. The van der Waals surface area contributed by atoms with E-state index < -0.39 is 36.6 Å². The van der Waals surface area contributed by atoms with Crippen LogP contribution in [0.15, 0.2) is 24.3 Å². The van der Waals surface area contributed by atoms with E-state index in [9.17, 15) is 18.8 Å². The highest BCUT2D eigenvalue weighted by atomic mass is 19.1. The summed E-state index contributed by atoms with van der Waals surface area (Å²) >= 11 is 0. The number of benzene rings is 1. The zero-order valence-electron chi connectivity index (χ0n) is 14.8. The van der Waals surface area contributed by atoms with Gasteiger partial charge in [-0.1, -0.05) is 0 Å². The van der Waals surface area contributed by atoms with Crippen molar-refractivity contribution >= 4 is 23.5 Å². The normalized spacial score (nSPS) is 28.4. The Balaban J connectivity index is 1.65. The number of anilines is 1. The molecule has 0 spiro atoms. The average molecular weight is 376 g/mol. The fourth-order valence-electron chi connectivity index (χ4n) is 4.12. The third-order valence-electron chi connectivity index (χ3n) is 5.34. The van der Waals surface area contributed by atoms with E-state index in [2.05, 4.69) is 5.32 Å². The van der Waals surface area contributed by atoms with Gasteiger partial charge in [-0.05, 0) is 30.7 Å². The number of imide groups is 1. The van der Waals surface area contributed by atoms with E-state index in [4.69, 9.17) is 5.73 Å². The Kier molecular flexibility index (Phi) is 4.23. The third kappa shape index (κ3) is 2.81. The number of carbonyl (C=O) groups is 3. The number of hydrogen-bond donors (Lipinski definition) is 2. The quantitative estimate of drug-likeness (QED) is 0.723. The molecule has 0 saturated carbocycles. The van der Waals surface area contributed by atoms with Crippen molar-refractivity contribution in [3.8, 4) is 0 Å². The molecule has 0 aliphatic carbocycles. The van der Waals surface area contributed by atoms with Crippen molar-refractivity contribution in [2.75, 3.05) is 31.6 Å². The molecule has 3 saturated heterocycles. The maximum Gasteiger partial charge on any atom is 0.328 e. The lowest BCUT2D eigenvalue weighted by molar-refractivity contribution is -0.141. The molecule has 144 valence electrons. The van der Waals surface area contributed by atoms with Gasteiger partial charge in [0.05, 0.1) is 0 Å². The summed E-state index contributed by atoms with van der Waals surface area (Å²) in [6, 6.07) is 5.01. The average Bonchev–Trinajstić information content (AvgIpc) is 3.04. The molecule has 3 N–H and O–H groups in total. The van der Waals surface area contributed by atoms with Gasteiger partial charge in [0.25, 0.3) is 5.91 Å². The van der Waals surface area contributed by atoms with Crippen LogP contribution < -0.4 is 16.0 Å². The summed E-state index contributed by atoms with van der Waals surface area (Å²) in [6.07, 6.45) is -0.0217. The minimum absolute atomic E-state index is 0.313. The number of likely N-dealkylation sites (N-methyl/N-ethyl adjacent to an activating group) is 1. The summed E-state index contributed by atoms with van der Waals surface area (Å²) in [7, 11) is 1.59. The summed E-state index contributed by atoms with van der Waals surface area (Å²) in [5.41, 5.74) is 6.03. The summed E-state index contributed by atoms with van der Waals surface area (Å²) in [6.45, 7) is 0.955. The first-order valence-corrected chi connectivity index (χ1v) is 8.79. The van der Waals surface area contributed by atoms with Crippen molar-refractivity contribution in [1.29, 1.82) is 0 Å². The minimum Gasteiger partial charge on any atom is -0.368 e. The molecular weight excluding hydrogens is 355 g/mol. The van der Waals surface area contributed by atoms with E-state index in [0.29, 0.717) is 6.54 Å². The van der Waals surface area contributed by atoms with E-state index in [1.165, 1.54) is 17.0 Å². The Morgan fingerprint density at radius 1 is 1.26 bits per heavy atom. The Labute approximate surface area is 155 Å². The number of primary amides is 1. The molecule has 3 unspecified atom stereocenters. The van der Waals surface area contributed by atoms with Gasteiger partial charge in [-0.3, -0.25) is 24.7 Å². The van der Waals surface area contributed by atoms with Crippen LogP contribution in [0.4, 0.5) is 14.9 Å². The predicted octanol–water partition coefficient (Wildman–Crippen LogP) is -0.701. The molecule has 3 aliphatic rings. The van der Waals surface area contributed by atoms with Crippen LogP contribution in [0, 0.1) is 5.82 Å².